The number of aliphatic carboxylic acids is 1. The smallest absolute Gasteiger partial charge is 0.309 e. The van der Waals surface area contributed by atoms with Crippen molar-refractivity contribution in [3.05, 3.63) is 0 Å². The Morgan fingerprint density at radius 3 is 2.46 bits per heavy atom. The minimum Gasteiger partial charge on any atom is -0.481 e. The molecule has 0 bridgehead atoms. The van der Waals surface area contributed by atoms with E-state index in [1.165, 1.54) is 19.3 Å². The summed E-state index contributed by atoms with van der Waals surface area (Å²) in [5.74, 6) is -0.900. The van der Waals surface area contributed by atoms with Crippen LogP contribution in [-0.2, 0) is 9.53 Å². The summed E-state index contributed by atoms with van der Waals surface area (Å²) in [7, 11) is 0. The number of rotatable bonds is 3. The first-order valence-electron chi connectivity index (χ1n) is 5.15. The molecule has 2 aliphatic rings. The van der Waals surface area contributed by atoms with E-state index in [1.54, 1.807) is 0 Å². The Kier molecular flexibility index (Phi) is 2.54. The van der Waals surface area contributed by atoms with Gasteiger partial charge in [-0.1, -0.05) is 19.3 Å². The van der Waals surface area contributed by atoms with E-state index in [9.17, 15) is 4.79 Å². The van der Waals surface area contributed by atoms with Crippen LogP contribution in [0.4, 0.5) is 0 Å². The van der Waals surface area contributed by atoms with Crippen LogP contribution in [0.5, 0.6) is 0 Å². The zero-order chi connectivity index (χ0) is 9.26. The molecule has 2 unspecified atom stereocenters. The third-order valence-corrected chi connectivity index (χ3v) is 2.97. The molecule has 0 radical (unpaired) electrons. The number of carboxylic acids is 1. The average molecular weight is 184 g/mol. The molecule has 3 heteroatoms. The summed E-state index contributed by atoms with van der Waals surface area (Å²) < 4.78 is 5.70. The second-order valence-corrected chi connectivity index (χ2v) is 4.11. The fourth-order valence-electron chi connectivity index (χ4n) is 2.03. The van der Waals surface area contributed by atoms with Crippen LogP contribution in [0, 0.1) is 5.92 Å². The van der Waals surface area contributed by atoms with Crippen molar-refractivity contribution in [2.45, 2.75) is 50.7 Å². The highest BCUT2D eigenvalue weighted by Gasteiger charge is 2.45. The van der Waals surface area contributed by atoms with Crippen LogP contribution < -0.4 is 0 Å². The fraction of sp³-hybridized carbons (Fsp3) is 0.900. The van der Waals surface area contributed by atoms with Gasteiger partial charge in [0.15, 0.2) is 0 Å². The SMILES string of the molecule is O=C(O)C1CC1OC1CCCCC1. The Labute approximate surface area is 78.1 Å². The van der Waals surface area contributed by atoms with Gasteiger partial charge < -0.3 is 9.84 Å². The minimum absolute atomic E-state index is 0.0283. The van der Waals surface area contributed by atoms with Gasteiger partial charge in [0.05, 0.1) is 18.1 Å². The molecule has 0 amide bonds. The molecule has 2 aliphatic carbocycles. The zero-order valence-corrected chi connectivity index (χ0v) is 7.74. The summed E-state index contributed by atoms with van der Waals surface area (Å²) >= 11 is 0. The van der Waals surface area contributed by atoms with E-state index in [2.05, 4.69) is 0 Å². The zero-order valence-electron chi connectivity index (χ0n) is 7.74. The van der Waals surface area contributed by atoms with Gasteiger partial charge in [0.1, 0.15) is 0 Å². The summed E-state index contributed by atoms with van der Waals surface area (Å²) in [6.45, 7) is 0. The molecule has 2 fully saturated rings. The molecular formula is C10H16O3. The number of hydrogen-bond acceptors (Lipinski definition) is 2. The van der Waals surface area contributed by atoms with Crippen molar-refractivity contribution < 1.29 is 14.6 Å². The lowest BCUT2D eigenvalue weighted by molar-refractivity contribution is -0.140. The first-order chi connectivity index (χ1) is 6.27. The third-order valence-electron chi connectivity index (χ3n) is 2.97. The second kappa shape index (κ2) is 3.66. The summed E-state index contributed by atoms with van der Waals surface area (Å²) in [6, 6.07) is 0. The van der Waals surface area contributed by atoms with Crippen LogP contribution >= 0.6 is 0 Å². The van der Waals surface area contributed by atoms with E-state index in [0.717, 1.165) is 19.3 Å². The van der Waals surface area contributed by atoms with Gasteiger partial charge in [-0.3, -0.25) is 4.79 Å². The lowest BCUT2D eigenvalue weighted by Crippen LogP contribution is -2.19. The van der Waals surface area contributed by atoms with Crippen molar-refractivity contribution in [3.8, 4) is 0 Å². The maximum absolute atomic E-state index is 10.5. The van der Waals surface area contributed by atoms with Crippen molar-refractivity contribution >= 4 is 5.97 Å². The van der Waals surface area contributed by atoms with Gasteiger partial charge in [-0.2, -0.15) is 0 Å². The summed E-state index contributed by atoms with van der Waals surface area (Å²) in [6.07, 6.45) is 7.16. The first kappa shape index (κ1) is 9.00. The van der Waals surface area contributed by atoms with E-state index >= 15 is 0 Å². The molecule has 3 nitrogen and oxygen atoms in total. The van der Waals surface area contributed by atoms with Gasteiger partial charge >= 0.3 is 5.97 Å². The van der Waals surface area contributed by atoms with Gasteiger partial charge in [-0.15, -0.1) is 0 Å². The molecule has 2 saturated carbocycles. The predicted octanol–water partition coefficient (Wildman–Crippen LogP) is 1.81. The summed E-state index contributed by atoms with van der Waals surface area (Å²) in [5.41, 5.74) is 0. The van der Waals surface area contributed by atoms with E-state index in [-0.39, 0.29) is 12.0 Å². The summed E-state index contributed by atoms with van der Waals surface area (Å²) in [5, 5.41) is 8.67. The van der Waals surface area contributed by atoms with Gasteiger partial charge in [0.2, 0.25) is 0 Å². The maximum atomic E-state index is 10.5. The van der Waals surface area contributed by atoms with E-state index in [4.69, 9.17) is 9.84 Å². The van der Waals surface area contributed by atoms with Crippen LogP contribution in [0.25, 0.3) is 0 Å². The minimum atomic E-state index is -0.694. The van der Waals surface area contributed by atoms with Crippen molar-refractivity contribution in [1.82, 2.24) is 0 Å². The molecule has 2 rings (SSSR count). The average Bonchev–Trinajstić information content (AvgIpc) is 2.86. The highest BCUT2D eigenvalue weighted by molar-refractivity contribution is 5.74. The van der Waals surface area contributed by atoms with Crippen LogP contribution in [0.3, 0.4) is 0 Å². The van der Waals surface area contributed by atoms with Crippen molar-refractivity contribution in [2.24, 2.45) is 5.92 Å². The van der Waals surface area contributed by atoms with Gasteiger partial charge in [-0.05, 0) is 19.3 Å². The van der Waals surface area contributed by atoms with Crippen LogP contribution in [0.2, 0.25) is 0 Å². The Balaban J connectivity index is 1.70. The summed E-state index contributed by atoms with van der Waals surface area (Å²) in [4.78, 5) is 10.5. The molecule has 0 aromatic rings. The molecule has 0 spiro atoms. The highest BCUT2D eigenvalue weighted by Crippen LogP contribution is 2.37. The quantitative estimate of drug-likeness (QED) is 0.727. The topological polar surface area (TPSA) is 46.5 Å². The van der Waals surface area contributed by atoms with Crippen LogP contribution in [0.15, 0.2) is 0 Å². The van der Waals surface area contributed by atoms with E-state index in [0.29, 0.717) is 6.10 Å². The molecular weight excluding hydrogens is 168 g/mol. The first-order valence-corrected chi connectivity index (χ1v) is 5.15. The number of hydrogen-bond donors (Lipinski definition) is 1. The van der Waals surface area contributed by atoms with Crippen molar-refractivity contribution in [3.63, 3.8) is 0 Å². The maximum Gasteiger partial charge on any atom is 0.309 e. The Morgan fingerprint density at radius 2 is 1.92 bits per heavy atom. The lowest BCUT2D eigenvalue weighted by atomic mass is 9.98. The largest absolute Gasteiger partial charge is 0.481 e. The number of ether oxygens (including phenoxy) is 1. The molecule has 0 heterocycles. The van der Waals surface area contributed by atoms with Gasteiger partial charge in [0.25, 0.3) is 0 Å². The van der Waals surface area contributed by atoms with Crippen LogP contribution in [-0.4, -0.2) is 23.3 Å². The molecule has 1 N–H and O–H groups in total. The molecule has 0 aliphatic heterocycles. The van der Waals surface area contributed by atoms with Crippen LogP contribution in [0.1, 0.15) is 38.5 Å². The molecule has 74 valence electrons. The number of carbonyl (C=O) groups is 1. The number of carboxylic acid groups (broad SMARTS) is 1. The molecule has 0 aromatic carbocycles. The van der Waals surface area contributed by atoms with Gasteiger partial charge in [0, 0.05) is 0 Å². The molecule has 2 atom stereocenters. The monoisotopic (exact) mass is 184 g/mol. The Morgan fingerprint density at radius 1 is 1.23 bits per heavy atom. The standard InChI is InChI=1S/C10H16O3/c11-10(12)8-6-9(8)13-7-4-2-1-3-5-7/h7-9H,1-6H2,(H,11,12). The fourth-order valence-corrected chi connectivity index (χ4v) is 2.03. The van der Waals surface area contributed by atoms with Gasteiger partial charge in [-0.25, -0.2) is 0 Å². The second-order valence-electron chi connectivity index (χ2n) is 4.11. The molecule has 0 aromatic heterocycles. The van der Waals surface area contributed by atoms with Crippen molar-refractivity contribution in [1.29, 1.82) is 0 Å². The predicted molar refractivity (Wildman–Crippen MR) is 47.5 cm³/mol. The Bertz CT molecular complexity index is 196. The molecule has 13 heavy (non-hydrogen) atoms. The third kappa shape index (κ3) is 2.21. The lowest BCUT2D eigenvalue weighted by Gasteiger charge is -2.21. The van der Waals surface area contributed by atoms with Crippen molar-refractivity contribution in [2.75, 3.05) is 0 Å². The Hall–Kier alpha value is -0.570. The molecule has 0 saturated heterocycles. The van der Waals surface area contributed by atoms with E-state index < -0.39 is 5.97 Å². The van der Waals surface area contributed by atoms with E-state index in [1.807, 2.05) is 0 Å². The normalized spacial score (nSPS) is 34.5. The highest BCUT2D eigenvalue weighted by atomic mass is 16.5.